The van der Waals surface area contributed by atoms with Gasteiger partial charge in [-0.15, -0.1) is 0 Å². The monoisotopic (exact) mass is 259 g/mol. The summed E-state index contributed by atoms with van der Waals surface area (Å²) in [6, 6.07) is 3.71. The molecule has 1 saturated heterocycles. The molecular formula is C12H12F3NO2. The number of carbonyl (C=O) groups excluding carboxylic acids is 1. The third kappa shape index (κ3) is 2.20. The fraction of sp³-hybridized carbons (Fsp3) is 0.417. The number of aliphatic hydroxyl groups is 1. The van der Waals surface area contributed by atoms with Crippen molar-refractivity contribution in [3.05, 3.63) is 29.3 Å². The first-order chi connectivity index (χ1) is 8.30. The van der Waals surface area contributed by atoms with Crippen LogP contribution in [0.5, 0.6) is 0 Å². The van der Waals surface area contributed by atoms with Crippen molar-refractivity contribution in [1.82, 2.24) is 0 Å². The van der Waals surface area contributed by atoms with Crippen LogP contribution in [-0.4, -0.2) is 23.7 Å². The molecular weight excluding hydrogens is 247 g/mol. The standard InChI is InChI=1S/C12H12F3NO2/c1-7-9(12(13,14)15)3-2-4-10(7)16-6-8(17)5-11(16)18/h2-4,8,17H,5-6H2,1H3. The van der Waals surface area contributed by atoms with E-state index in [1.165, 1.54) is 24.0 Å². The highest BCUT2D eigenvalue weighted by Crippen LogP contribution is 2.36. The molecule has 0 spiro atoms. The molecule has 6 heteroatoms. The molecule has 1 aliphatic rings. The highest BCUT2D eigenvalue weighted by Gasteiger charge is 2.36. The Labute approximate surface area is 102 Å². The first-order valence-corrected chi connectivity index (χ1v) is 5.46. The fourth-order valence-corrected chi connectivity index (χ4v) is 2.14. The molecule has 1 amide bonds. The molecule has 1 unspecified atom stereocenters. The van der Waals surface area contributed by atoms with E-state index in [9.17, 15) is 23.1 Å². The van der Waals surface area contributed by atoms with E-state index in [1.54, 1.807) is 0 Å². The third-order valence-electron chi connectivity index (χ3n) is 3.01. The number of nitrogens with zero attached hydrogens (tertiary/aromatic N) is 1. The topological polar surface area (TPSA) is 40.5 Å². The number of hydrogen-bond acceptors (Lipinski definition) is 2. The van der Waals surface area contributed by atoms with Crippen LogP contribution in [-0.2, 0) is 11.0 Å². The number of hydrogen-bond donors (Lipinski definition) is 1. The Hall–Kier alpha value is -1.56. The molecule has 1 N–H and O–H groups in total. The van der Waals surface area contributed by atoms with E-state index >= 15 is 0 Å². The van der Waals surface area contributed by atoms with Crippen LogP contribution in [0.1, 0.15) is 17.5 Å². The average molecular weight is 259 g/mol. The van der Waals surface area contributed by atoms with Crippen molar-refractivity contribution < 1.29 is 23.1 Å². The van der Waals surface area contributed by atoms with Gasteiger partial charge in [0.25, 0.3) is 0 Å². The van der Waals surface area contributed by atoms with Gasteiger partial charge < -0.3 is 10.0 Å². The van der Waals surface area contributed by atoms with Crippen LogP contribution in [0.2, 0.25) is 0 Å². The van der Waals surface area contributed by atoms with Crippen molar-refractivity contribution in [2.24, 2.45) is 0 Å². The Bertz CT molecular complexity index is 485. The van der Waals surface area contributed by atoms with Crippen LogP contribution < -0.4 is 4.90 Å². The normalized spacial score (nSPS) is 20.6. The Balaban J connectivity index is 2.44. The summed E-state index contributed by atoms with van der Waals surface area (Å²) in [5, 5.41) is 9.37. The van der Waals surface area contributed by atoms with Gasteiger partial charge in [-0.1, -0.05) is 6.07 Å². The zero-order valence-corrected chi connectivity index (χ0v) is 9.66. The first-order valence-electron chi connectivity index (χ1n) is 5.46. The molecule has 0 saturated carbocycles. The van der Waals surface area contributed by atoms with Crippen molar-refractivity contribution in [1.29, 1.82) is 0 Å². The van der Waals surface area contributed by atoms with E-state index in [-0.39, 0.29) is 30.1 Å². The van der Waals surface area contributed by atoms with Crippen LogP contribution in [0.15, 0.2) is 18.2 Å². The second-order valence-corrected chi connectivity index (χ2v) is 4.31. The van der Waals surface area contributed by atoms with Gasteiger partial charge in [0.1, 0.15) is 0 Å². The summed E-state index contributed by atoms with van der Waals surface area (Å²) in [7, 11) is 0. The molecule has 0 bridgehead atoms. The van der Waals surface area contributed by atoms with E-state index in [0.717, 1.165) is 6.07 Å². The summed E-state index contributed by atoms with van der Waals surface area (Å²) in [6.07, 6.45) is -5.30. The molecule has 1 atom stereocenters. The van der Waals surface area contributed by atoms with E-state index in [0.29, 0.717) is 0 Å². The Morgan fingerprint density at radius 1 is 1.39 bits per heavy atom. The summed E-state index contributed by atoms with van der Waals surface area (Å²) in [6.45, 7) is 1.37. The Kier molecular flexibility index (Phi) is 3.06. The average Bonchev–Trinajstić information content (AvgIpc) is 2.56. The molecule has 2 rings (SSSR count). The van der Waals surface area contributed by atoms with Crippen molar-refractivity contribution >= 4 is 11.6 Å². The van der Waals surface area contributed by atoms with Gasteiger partial charge >= 0.3 is 6.18 Å². The van der Waals surface area contributed by atoms with E-state index < -0.39 is 17.8 Å². The van der Waals surface area contributed by atoms with E-state index in [1.807, 2.05) is 0 Å². The van der Waals surface area contributed by atoms with Gasteiger partial charge in [-0.05, 0) is 24.6 Å². The molecule has 0 aliphatic carbocycles. The van der Waals surface area contributed by atoms with Gasteiger partial charge in [0.15, 0.2) is 0 Å². The molecule has 1 aromatic rings. The zero-order valence-electron chi connectivity index (χ0n) is 9.66. The van der Waals surface area contributed by atoms with Gasteiger partial charge in [0, 0.05) is 5.69 Å². The second kappa shape index (κ2) is 4.28. The lowest BCUT2D eigenvalue weighted by molar-refractivity contribution is -0.138. The molecule has 0 radical (unpaired) electrons. The van der Waals surface area contributed by atoms with Gasteiger partial charge in [-0.3, -0.25) is 4.79 Å². The zero-order chi connectivity index (χ0) is 13.5. The maximum Gasteiger partial charge on any atom is 0.416 e. The number of β-amino-alcohol motifs (C(OH)–C–C–N with tert-alkyl or cyclic N) is 1. The molecule has 1 aromatic carbocycles. The molecule has 1 fully saturated rings. The smallest absolute Gasteiger partial charge is 0.391 e. The van der Waals surface area contributed by atoms with Gasteiger partial charge in [0.05, 0.1) is 24.6 Å². The molecule has 98 valence electrons. The second-order valence-electron chi connectivity index (χ2n) is 4.31. The summed E-state index contributed by atoms with van der Waals surface area (Å²) in [4.78, 5) is 12.8. The quantitative estimate of drug-likeness (QED) is 0.839. The van der Waals surface area contributed by atoms with Crippen LogP contribution in [0.4, 0.5) is 18.9 Å². The summed E-state index contributed by atoms with van der Waals surface area (Å²) < 4.78 is 38.2. The van der Waals surface area contributed by atoms with Gasteiger partial charge in [-0.2, -0.15) is 13.2 Å². The van der Waals surface area contributed by atoms with E-state index in [4.69, 9.17) is 0 Å². The number of aliphatic hydroxyl groups excluding tert-OH is 1. The lowest BCUT2D eigenvalue weighted by Crippen LogP contribution is -2.26. The van der Waals surface area contributed by atoms with Crippen LogP contribution in [0.25, 0.3) is 0 Å². The van der Waals surface area contributed by atoms with Gasteiger partial charge in [0.2, 0.25) is 5.91 Å². The van der Waals surface area contributed by atoms with E-state index in [2.05, 4.69) is 0 Å². The fourth-order valence-electron chi connectivity index (χ4n) is 2.14. The van der Waals surface area contributed by atoms with Crippen LogP contribution in [0, 0.1) is 6.92 Å². The summed E-state index contributed by atoms with van der Waals surface area (Å²) >= 11 is 0. The van der Waals surface area contributed by atoms with Crippen molar-refractivity contribution in [3.63, 3.8) is 0 Å². The minimum atomic E-state index is -4.44. The number of carbonyl (C=O) groups is 1. The number of rotatable bonds is 1. The Morgan fingerprint density at radius 2 is 2.06 bits per heavy atom. The maximum atomic E-state index is 12.7. The molecule has 1 aliphatic heterocycles. The lowest BCUT2D eigenvalue weighted by Gasteiger charge is -2.21. The maximum absolute atomic E-state index is 12.7. The minimum Gasteiger partial charge on any atom is -0.391 e. The molecule has 3 nitrogen and oxygen atoms in total. The number of amides is 1. The molecule has 18 heavy (non-hydrogen) atoms. The van der Waals surface area contributed by atoms with Crippen LogP contribution >= 0.6 is 0 Å². The van der Waals surface area contributed by atoms with Gasteiger partial charge in [-0.25, -0.2) is 0 Å². The Morgan fingerprint density at radius 3 is 2.56 bits per heavy atom. The summed E-state index contributed by atoms with van der Waals surface area (Å²) in [5.41, 5.74) is -0.534. The van der Waals surface area contributed by atoms with Crippen LogP contribution in [0.3, 0.4) is 0 Å². The number of halogens is 3. The van der Waals surface area contributed by atoms with Crippen molar-refractivity contribution in [2.45, 2.75) is 25.6 Å². The first kappa shape index (κ1) is 12.9. The number of benzene rings is 1. The SMILES string of the molecule is Cc1c(N2CC(O)CC2=O)cccc1C(F)(F)F. The van der Waals surface area contributed by atoms with Crippen molar-refractivity contribution in [2.75, 3.05) is 11.4 Å². The molecule has 1 heterocycles. The largest absolute Gasteiger partial charge is 0.416 e. The molecule has 0 aromatic heterocycles. The minimum absolute atomic E-state index is 0.00690. The van der Waals surface area contributed by atoms with Crippen molar-refractivity contribution in [3.8, 4) is 0 Å². The number of anilines is 1. The number of alkyl halides is 3. The highest BCUT2D eigenvalue weighted by molar-refractivity contribution is 5.96. The predicted molar refractivity (Wildman–Crippen MR) is 59.2 cm³/mol. The highest BCUT2D eigenvalue weighted by atomic mass is 19.4. The third-order valence-corrected chi connectivity index (χ3v) is 3.01. The lowest BCUT2D eigenvalue weighted by atomic mass is 10.1. The summed E-state index contributed by atoms with van der Waals surface area (Å²) in [5.74, 6) is -0.357. The predicted octanol–water partition coefficient (Wildman–Crippen LogP) is 2.11.